The summed E-state index contributed by atoms with van der Waals surface area (Å²) in [6, 6.07) is 13.7. The van der Waals surface area contributed by atoms with Gasteiger partial charge in [0.05, 0.1) is 17.0 Å². The molecule has 4 aromatic rings. The number of amides is 1. The molecule has 0 radical (unpaired) electrons. The Bertz CT molecular complexity index is 1130. The highest BCUT2D eigenvalue weighted by atomic mass is 79.9. The molecular formula is C19H15BrN4OS. The number of para-hydroxylation sites is 1. The summed E-state index contributed by atoms with van der Waals surface area (Å²) in [6.07, 6.45) is 1.55. The van der Waals surface area contributed by atoms with E-state index >= 15 is 0 Å². The van der Waals surface area contributed by atoms with Gasteiger partial charge in [-0.25, -0.2) is 9.97 Å². The number of anilines is 1. The molecule has 0 bridgehead atoms. The summed E-state index contributed by atoms with van der Waals surface area (Å²) in [5.74, 6) is 0.183. The van der Waals surface area contributed by atoms with Crippen molar-refractivity contribution in [1.82, 2.24) is 15.0 Å². The molecule has 0 aliphatic carbocycles. The molecule has 0 fully saturated rings. The van der Waals surface area contributed by atoms with E-state index in [4.69, 9.17) is 0 Å². The minimum atomic E-state index is -0.0828. The number of hydrogen-bond acceptors (Lipinski definition) is 4. The quantitative estimate of drug-likeness (QED) is 0.359. The van der Waals surface area contributed by atoms with Gasteiger partial charge >= 0.3 is 0 Å². The summed E-state index contributed by atoms with van der Waals surface area (Å²) in [5, 5.41) is 4.74. The Kier molecular flexibility index (Phi) is 4.65. The number of aromatic nitrogens is 3. The van der Waals surface area contributed by atoms with E-state index in [-0.39, 0.29) is 11.7 Å². The second-order valence-electron chi connectivity index (χ2n) is 5.89. The third-order valence-corrected chi connectivity index (χ3v) is 5.67. The van der Waals surface area contributed by atoms with Crippen LogP contribution in [0.5, 0.6) is 0 Å². The smallest absolute Gasteiger partial charge is 0.234 e. The van der Waals surface area contributed by atoms with Crippen molar-refractivity contribution in [1.29, 1.82) is 0 Å². The van der Waals surface area contributed by atoms with Gasteiger partial charge in [-0.05, 0) is 47.1 Å². The highest BCUT2D eigenvalue weighted by molar-refractivity contribution is 9.10. The first-order valence-electron chi connectivity index (χ1n) is 8.02. The molecule has 5 nitrogen and oxygen atoms in total. The van der Waals surface area contributed by atoms with E-state index in [9.17, 15) is 4.79 Å². The number of carbonyl (C=O) groups is 1. The van der Waals surface area contributed by atoms with Gasteiger partial charge in [-0.1, -0.05) is 35.5 Å². The number of nitrogens with zero attached hydrogens (tertiary/aromatic N) is 2. The molecule has 0 aliphatic rings. The van der Waals surface area contributed by atoms with Crippen molar-refractivity contribution in [3.63, 3.8) is 0 Å². The Morgan fingerprint density at radius 2 is 2.08 bits per heavy atom. The van der Waals surface area contributed by atoms with Gasteiger partial charge in [0.25, 0.3) is 0 Å². The Morgan fingerprint density at radius 1 is 1.23 bits per heavy atom. The van der Waals surface area contributed by atoms with Crippen LogP contribution in [0.2, 0.25) is 0 Å². The summed E-state index contributed by atoms with van der Waals surface area (Å²) in [6.45, 7) is 2.06. The number of halogens is 1. The van der Waals surface area contributed by atoms with Gasteiger partial charge in [-0.2, -0.15) is 0 Å². The molecule has 0 saturated carbocycles. The number of thioether (sulfide) groups is 1. The summed E-state index contributed by atoms with van der Waals surface area (Å²) in [4.78, 5) is 24.4. The maximum Gasteiger partial charge on any atom is 0.234 e. The number of nitrogens with one attached hydrogen (secondary N) is 2. The van der Waals surface area contributed by atoms with Crippen molar-refractivity contribution >= 4 is 61.2 Å². The molecule has 26 heavy (non-hydrogen) atoms. The van der Waals surface area contributed by atoms with Gasteiger partial charge in [0.1, 0.15) is 16.9 Å². The lowest BCUT2D eigenvalue weighted by atomic mass is 10.2. The van der Waals surface area contributed by atoms with Crippen molar-refractivity contribution < 1.29 is 4.79 Å². The van der Waals surface area contributed by atoms with Gasteiger partial charge in [0, 0.05) is 15.4 Å². The fourth-order valence-electron chi connectivity index (χ4n) is 2.78. The number of H-pyrrole nitrogens is 1. The van der Waals surface area contributed by atoms with E-state index in [0.717, 1.165) is 37.1 Å². The number of aryl methyl sites for hydroxylation is 1. The molecule has 4 rings (SSSR count). The van der Waals surface area contributed by atoms with Crippen LogP contribution < -0.4 is 5.32 Å². The standard InChI is InChI=1S/C19H15BrN4OS/c1-11-6-7-14-12(8-11)17-18(24-14)19(22-10-21-17)26-9-16(25)23-15-5-3-2-4-13(15)20/h2-8,10,24H,9H2,1H3,(H,23,25). The first kappa shape index (κ1) is 17.1. The lowest BCUT2D eigenvalue weighted by molar-refractivity contribution is -0.113. The van der Waals surface area contributed by atoms with E-state index in [1.807, 2.05) is 30.3 Å². The van der Waals surface area contributed by atoms with E-state index in [1.54, 1.807) is 6.33 Å². The van der Waals surface area contributed by atoms with Gasteiger partial charge in [-0.15, -0.1) is 0 Å². The van der Waals surface area contributed by atoms with Crippen LogP contribution in [0.4, 0.5) is 5.69 Å². The Balaban J connectivity index is 1.57. The number of hydrogen-bond donors (Lipinski definition) is 2. The molecule has 2 aromatic heterocycles. The maximum atomic E-state index is 12.3. The molecule has 0 saturated heterocycles. The molecular weight excluding hydrogens is 412 g/mol. The predicted molar refractivity (Wildman–Crippen MR) is 110 cm³/mol. The molecule has 1 amide bonds. The molecule has 7 heteroatoms. The third-order valence-electron chi connectivity index (χ3n) is 3.99. The minimum absolute atomic E-state index is 0.0828. The topological polar surface area (TPSA) is 70.7 Å². The molecule has 2 aromatic carbocycles. The molecule has 0 aliphatic heterocycles. The van der Waals surface area contributed by atoms with Crippen LogP contribution in [-0.4, -0.2) is 26.6 Å². The number of fused-ring (bicyclic) bond motifs is 3. The van der Waals surface area contributed by atoms with Crippen molar-refractivity contribution in [3.05, 3.63) is 58.8 Å². The normalized spacial score (nSPS) is 11.2. The van der Waals surface area contributed by atoms with Crippen LogP contribution in [0.25, 0.3) is 21.9 Å². The van der Waals surface area contributed by atoms with Crippen LogP contribution in [0.1, 0.15) is 5.56 Å². The second-order valence-corrected chi connectivity index (χ2v) is 7.71. The fraction of sp³-hybridized carbons (Fsp3) is 0.105. The van der Waals surface area contributed by atoms with Crippen LogP contribution in [0, 0.1) is 6.92 Å². The highest BCUT2D eigenvalue weighted by Gasteiger charge is 2.13. The van der Waals surface area contributed by atoms with Crippen molar-refractivity contribution in [2.75, 3.05) is 11.1 Å². The SMILES string of the molecule is Cc1ccc2[nH]c3c(SCC(=O)Nc4ccccc4Br)ncnc3c2c1. The van der Waals surface area contributed by atoms with Gasteiger partial charge < -0.3 is 10.3 Å². The molecule has 0 spiro atoms. The average molecular weight is 427 g/mol. The van der Waals surface area contributed by atoms with Crippen molar-refractivity contribution in [2.24, 2.45) is 0 Å². The molecule has 2 heterocycles. The lowest BCUT2D eigenvalue weighted by Gasteiger charge is -2.07. The van der Waals surface area contributed by atoms with Crippen LogP contribution in [0.15, 0.2) is 58.3 Å². The van der Waals surface area contributed by atoms with E-state index < -0.39 is 0 Å². The van der Waals surface area contributed by atoms with E-state index in [1.165, 1.54) is 17.3 Å². The van der Waals surface area contributed by atoms with Crippen molar-refractivity contribution in [3.8, 4) is 0 Å². The van der Waals surface area contributed by atoms with E-state index in [0.29, 0.717) is 0 Å². The summed E-state index contributed by atoms with van der Waals surface area (Å²) >= 11 is 4.82. The van der Waals surface area contributed by atoms with E-state index in [2.05, 4.69) is 55.3 Å². The average Bonchev–Trinajstić information content (AvgIpc) is 3.00. The van der Waals surface area contributed by atoms with Crippen molar-refractivity contribution in [2.45, 2.75) is 11.9 Å². The lowest BCUT2D eigenvalue weighted by Crippen LogP contribution is -2.14. The molecule has 0 unspecified atom stereocenters. The maximum absolute atomic E-state index is 12.3. The first-order chi connectivity index (χ1) is 12.6. The number of rotatable bonds is 4. The van der Waals surface area contributed by atoms with Gasteiger partial charge in [0.15, 0.2) is 0 Å². The zero-order chi connectivity index (χ0) is 18.1. The third kappa shape index (κ3) is 3.32. The fourth-order valence-corrected chi connectivity index (χ4v) is 3.91. The second kappa shape index (κ2) is 7.09. The first-order valence-corrected chi connectivity index (χ1v) is 9.80. The number of aromatic amines is 1. The summed E-state index contributed by atoms with van der Waals surface area (Å²) < 4.78 is 0.855. The monoisotopic (exact) mass is 426 g/mol. The largest absolute Gasteiger partial charge is 0.351 e. The predicted octanol–water partition coefficient (Wildman–Crippen LogP) is 4.91. The number of carbonyl (C=O) groups excluding carboxylic acids is 1. The zero-order valence-corrected chi connectivity index (χ0v) is 16.3. The molecule has 0 atom stereocenters. The molecule has 130 valence electrons. The molecule has 2 N–H and O–H groups in total. The summed E-state index contributed by atoms with van der Waals surface area (Å²) in [5.41, 5.74) is 4.70. The Hall–Kier alpha value is -2.38. The Morgan fingerprint density at radius 3 is 2.92 bits per heavy atom. The Labute approximate surface area is 162 Å². The van der Waals surface area contributed by atoms with Crippen LogP contribution in [-0.2, 0) is 4.79 Å². The van der Waals surface area contributed by atoms with Crippen LogP contribution >= 0.6 is 27.7 Å². The van der Waals surface area contributed by atoms with Gasteiger partial charge in [-0.3, -0.25) is 4.79 Å². The minimum Gasteiger partial charge on any atom is -0.351 e. The zero-order valence-electron chi connectivity index (χ0n) is 13.9. The van der Waals surface area contributed by atoms with Crippen LogP contribution in [0.3, 0.4) is 0 Å². The number of benzene rings is 2. The summed E-state index contributed by atoms with van der Waals surface area (Å²) in [7, 11) is 0. The highest BCUT2D eigenvalue weighted by Crippen LogP contribution is 2.30. The van der Waals surface area contributed by atoms with Gasteiger partial charge in [0.2, 0.25) is 5.91 Å².